The SMILES string of the molecule is C=CCC[C@@H](c1cc(Cl)ccc1O)N1CCNCC1. The van der Waals surface area contributed by atoms with E-state index in [2.05, 4.69) is 16.8 Å². The highest BCUT2D eigenvalue weighted by Gasteiger charge is 2.23. The number of hydrogen-bond donors (Lipinski definition) is 2. The molecule has 1 aromatic carbocycles. The normalized spacial score (nSPS) is 18.2. The van der Waals surface area contributed by atoms with Gasteiger partial charge in [-0.25, -0.2) is 0 Å². The topological polar surface area (TPSA) is 35.5 Å². The number of aromatic hydroxyl groups is 1. The number of nitrogens with one attached hydrogen (secondary N) is 1. The number of halogens is 1. The van der Waals surface area contributed by atoms with Gasteiger partial charge in [-0.3, -0.25) is 4.90 Å². The van der Waals surface area contributed by atoms with Crippen molar-refractivity contribution in [3.8, 4) is 5.75 Å². The molecule has 0 bridgehead atoms. The monoisotopic (exact) mass is 280 g/mol. The van der Waals surface area contributed by atoms with E-state index in [0.29, 0.717) is 10.8 Å². The lowest BCUT2D eigenvalue weighted by atomic mass is 9.98. The average Bonchev–Trinajstić information content (AvgIpc) is 2.44. The molecule has 1 heterocycles. The third kappa shape index (κ3) is 3.72. The summed E-state index contributed by atoms with van der Waals surface area (Å²) in [5.74, 6) is 0.331. The summed E-state index contributed by atoms with van der Waals surface area (Å²) >= 11 is 6.07. The number of phenolic OH excluding ortho intramolecular Hbond substituents is 1. The number of hydrogen-bond acceptors (Lipinski definition) is 3. The minimum Gasteiger partial charge on any atom is -0.508 e. The summed E-state index contributed by atoms with van der Waals surface area (Å²) < 4.78 is 0. The van der Waals surface area contributed by atoms with E-state index in [-0.39, 0.29) is 6.04 Å². The molecular weight excluding hydrogens is 260 g/mol. The van der Waals surface area contributed by atoms with Gasteiger partial charge in [0.05, 0.1) is 0 Å². The van der Waals surface area contributed by atoms with Crippen LogP contribution < -0.4 is 5.32 Å². The second-order valence-electron chi connectivity index (χ2n) is 4.87. The van der Waals surface area contributed by atoms with Crippen LogP contribution in [0.1, 0.15) is 24.4 Å². The smallest absolute Gasteiger partial charge is 0.120 e. The average molecular weight is 281 g/mol. The predicted octanol–water partition coefficient (Wildman–Crippen LogP) is 2.96. The largest absolute Gasteiger partial charge is 0.508 e. The Kier molecular flexibility index (Phi) is 5.25. The van der Waals surface area contributed by atoms with Crippen LogP contribution in [0.15, 0.2) is 30.9 Å². The molecule has 1 aromatic rings. The summed E-state index contributed by atoms with van der Waals surface area (Å²) in [5, 5.41) is 14.1. The van der Waals surface area contributed by atoms with Crippen LogP contribution in [0.4, 0.5) is 0 Å². The lowest BCUT2D eigenvalue weighted by Crippen LogP contribution is -2.45. The van der Waals surface area contributed by atoms with Crippen LogP contribution in [-0.2, 0) is 0 Å². The molecule has 0 radical (unpaired) electrons. The van der Waals surface area contributed by atoms with Crippen LogP contribution in [0.3, 0.4) is 0 Å². The van der Waals surface area contributed by atoms with Crippen LogP contribution >= 0.6 is 11.6 Å². The summed E-state index contributed by atoms with van der Waals surface area (Å²) in [6.45, 7) is 7.76. The quantitative estimate of drug-likeness (QED) is 0.814. The molecule has 1 aliphatic heterocycles. The number of nitrogens with zero attached hydrogens (tertiary/aromatic N) is 1. The molecule has 104 valence electrons. The van der Waals surface area contributed by atoms with Gasteiger partial charge in [-0.2, -0.15) is 0 Å². The van der Waals surface area contributed by atoms with Crippen molar-refractivity contribution in [2.75, 3.05) is 26.2 Å². The maximum absolute atomic E-state index is 10.1. The zero-order chi connectivity index (χ0) is 13.7. The first-order valence-electron chi connectivity index (χ1n) is 6.76. The molecule has 19 heavy (non-hydrogen) atoms. The summed E-state index contributed by atoms with van der Waals surface area (Å²) in [6, 6.07) is 5.50. The van der Waals surface area contributed by atoms with Gasteiger partial charge in [0, 0.05) is 42.8 Å². The van der Waals surface area contributed by atoms with E-state index in [1.807, 2.05) is 12.1 Å². The van der Waals surface area contributed by atoms with Crippen LogP contribution in [0.25, 0.3) is 0 Å². The third-order valence-electron chi connectivity index (χ3n) is 3.59. The maximum Gasteiger partial charge on any atom is 0.120 e. The Bertz CT molecular complexity index is 430. The van der Waals surface area contributed by atoms with Gasteiger partial charge in [0.25, 0.3) is 0 Å². The van der Waals surface area contributed by atoms with Crippen molar-refractivity contribution in [2.24, 2.45) is 0 Å². The number of rotatable bonds is 5. The maximum atomic E-state index is 10.1. The Morgan fingerprint density at radius 1 is 1.42 bits per heavy atom. The standard InChI is InChI=1S/C15H21ClN2O/c1-2-3-4-14(18-9-7-17-8-10-18)13-11-12(16)5-6-15(13)19/h2,5-6,11,14,17,19H,1,3-4,7-10H2/t14-/m0/s1. The highest BCUT2D eigenvalue weighted by atomic mass is 35.5. The molecule has 0 aliphatic carbocycles. The van der Waals surface area contributed by atoms with E-state index >= 15 is 0 Å². The zero-order valence-electron chi connectivity index (χ0n) is 11.1. The van der Waals surface area contributed by atoms with Crippen molar-refractivity contribution in [2.45, 2.75) is 18.9 Å². The van der Waals surface area contributed by atoms with Gasteiger partial charge >= 0.3 is 0 Å². The van der Waals surface area contributed by atoms with Gasteiger partial charge in [0.2, 0.25) is 0 Å². The van der Waals surface area contributed by atoms with Crippen molar-refractivity contribution in [3.63, 3.8) is 0 Å². The fraction of sp³-hybridized carbons (Fsp3) is 0.467. The Morgan fingerprint density at radius 2 is 2.16 bits per heavy atom. The molecule has 1 saturated heterocycles. The molecule has 2 rings (SSSR count). The lowest BCUT2D eigenvalue weighted by Gasteiger charge is -2.35. The van der Waals surface area contributed by atoms with Crippen molar-refractivity contribution in [3.05, 3.63) is 41.4 Å². The fourth-order valence-electron chi connectivity index (χ4n) is 2.60. The van der Waals surface area contributed by atoms with E-state index in [4.69, 9.17) is 11.6 Å². The Hall–Kier alpha value is -1.03. The molecule has 1 fully saturated rings. The van der Waals surface area contributed by atoms with Crippen molar-refractivity contribution in [1.82, 2.24) is 10.2 Å². The van der Waals surface area contributed by atoms with Crippen molar-refractivity contribution < 1.29 is 5.11 Å². The first-order chi connectivity index (χ1) is 9.22. The van der Waals surface area contributed by atoms with Gasteiger partial charge in [0.1, 0.15) is 5.75 Å². The zero-order valence-corrected chi connectivity index (χ0v) is 11.9. The Labute approximate surface area is 119 Å². The molecule has 4 heteroatoms. The van der Waals surface area contributed by atoms with Gasteiger partial charge in [0.15, 0.2) is 0 Å². The molecule has 0 saturated carbocycles. The predicted molar refractivity (Wildman–Crippen MR) is 79.7 cm³/mol. The molecule has 0 unspecified atom stereocenters. The summed E-state index contributed by atoms with van der Waals surface area (Å²) in [7, 11) is 0. The van der Waals surface area contributed by atoms with Gasteiger partial charge in [-0.05, 0) is 31.0 Å². The van der Waals surface area contributed by atoms with Crippen LogP contribution in [-0.4, -0.2) is 36.2 Å². The molecule has 0 aromatic heterocycles. The van der Waals surface area contributed by atoms with E-state index in [9.17, 15) is 5.11 Å². The molecule has 0 amide bonds. The van der Waals surface area contributed by atoms with Crippen LogP contribution in [0.5, 0.6) is 5.75 Å². The van der Waals surface area contributed by atoms with Gasteiger partial charge in [-0.15, -0.1) is 6.58 Å². The first-order valence-corrected chi connectivity index (χ1v) is 7.14. The molecule has 3 nitrogen and oxygen atoms in total. The number of allylic oxidation sites excluding steroid dienone is 1. The molecule has 0 spiro atoms. The van der Waals surface area contributed by atoms with Crippen molar-refractivity contribution in [1.29, 1.82) is 0 Å². The number of piperazine rings is 1. The van der Waals surface area contributed by atoms with E-state index in [1.165, 1.54) is 0 Å². The number of phenols is 1. The molecular formula is C15H21ClN2O. The van der Waals surface area contributed by atoms with Gasteiger partial charge in [-0.1, -0.05) is 17.7 Å². The number of benzene rings is 1. The minimum atomic E-state index is 0.207. The second-order valence-corrected chi connectivity index (χ2v) is 5.31. The Morgan fingerprint density at radius 3 is 2.84 bits per heavy atom. The van der Waals surface area contributed by atoms with Crippen molar-refractivity contribution >= 4 is 11.6 Å². The van der Waals surface area contributed by atoms with E-state index in [1.54, 1.807) is 12.1 Å². The highest BCUT2D eigenvalue weighted by Crippen LogP contribution is 2.34. The minimum absolute atomic E-state index is 0.207. The second kappa shape index (κ2) is 6.94. The summed E-state index contributed by atoms with van der Waals surface area (Å²) in [6.07, 6.45) is 3.81. The van der Waals surface area contributed by atoms with Crippen LogP contribution in [0.2, 0.25) is 5.02 Å². The van der Waals surface area contributed by atoms with Crippen LogP contribution in [0, 0.1) is 0 Å². The molecule has 1 aliphatic rings. The van der Waals surface area contributed by atoms with E-state index in [0.717, 1.165) is 44.6 Å². The molecule has 2 N–H and O–H groups in total. The summed E-state index contributed by atoms with van der Waals surface area (Å²) in [5.41, 5.74) is 0.927. The fourth-order valence-corrected chi connectivity index (χ4v) is 2.78. The third-order valence-corrected chi connectivity index (χ3v) is 3.82. The lowest BCUT2D eigenvalue weighted by molar-refractivity contribution is 0.163. The molecule has 1 atom stereocenters. The van der Waals surface area contributed by atoms with Gasteiger partial charge < -0.3 is 10.4 Å². The summed E-state index contributed by atoms with van der Waals surface area (Å²) in [4.78, 5) is 2.41. The van der Waals surface area contributed by atoms with E-state index < -0.39 is 0 Å². The highest BCUT2D eigenvalue weighted by molar-refractivity contribution is 6.30. The first kappa shape index (κ1) is 14.4. The Balaban J connectivity index is 2.24.